The Morgan fingerprint density at radius 2 is 2.28 bits per heavy atom. The second-order valence-electron chi connectivity index (χ2n) is 6.24. The van der Waals surface area contributed by atoms with Crippen LogP contribution in [0.5, 0.6) is 5.75 Å². The van der Waals surface area contributed by atoms with Crippen molar-refractivity contribution in [3.05, 3.63) is 42.5 Å². The molecule has 2 aromatic rings. The van der Waals surface area contributed by atoms with E-state index in [9.17, 15) is 4.79 Å². The largest absolute Gasteiger partial charge is 0.494 e. The number of amides is 1. The van der Waals surface area contributed by atoms with Crippen molar-refractivity contribution >= 4 is 32.6 Å². The molecule has 1 aromatic heterocycles. The minimum atomic E-state index is -0.433. The molecule has 5 nitrogen and oxygen atoms in total. The van der Waals surface area contributed by atoms with Crippen LogP contribution in [-0.2, 0) is 9.53 Å². The Morgan fingerprint density at radius 3 is 3.12 bits per heavy atom. The van der Waals surface area contributed by atoms with Gasteiger partial charge in [-0.3, -0.25) is 10.1 Å². The van der Waals surface area contributed by atoms with E-state index in [2.05, 4.69) is 23.3 Å². The Balaban J connectivity index is 1.44. The second kappa shape index (κ2) is 6.98. The van der Waals surface area contributed by atoms with Crippen molar-refractivity contribution in [2.45, 2.75) is 32.0 Å². The Labute approximate surface area is 150 Å². The molecular weight excluding hydrogens is 336 g/mol. The fraction of sp³-hybridized carbons (Fsp3) is 0.368. The van der Waals surface area contributed by atoms with Gasteiger partial charge in [0.2, 0.25) is 0 Å². The van der Waals surface area contributed by atoms with Gasteiger partial charge in [0.05, 0.1) is 22.9 Å². The molecular formula is C19H20N2O3S. The summed E-state index contributed by atoms with van der Waals surface area (Å²) in [4.78, 5) is 17.0. The van der Waals surface area contributed by atoms with Gasteiger partial charge in [0, 0.05) is 5.92 Å². The van der Waals surface area contributed by atoms with Gasteiger partial charge in [0.1, 0.15) is 11.9 Å². The number of nitrogens with one attached hydrogen (secondary N) is 1. The van der Waals surface area contributed by atoms with Crippen LogP contribution >= 0.6 is 11.3 Å². The molecule has 1 aliphatic carbocycles. The SMILES string of the molecule is CCCOc1ccc2nc(NC(=O)[C@H]3C[C@@H]4C=CC=C[C@@H]4O3)sc2c1. The van der Waals surface area contributed by atoms with E-state index in [0.717, 1.165) is 22.4 Å². The molecule has 1 amide bonds. The van der Waals surface area contributed by atoms with Gasteiger partial charge in [-0.1, -0.05) is 42.6 Å². The zero-order valence-corrected chi connectivity index (χ0v) is 14.8. The predicted molar refractivity (Wildman–Crippen MR) is 99.1 cm³/mol. The molecule has 130 valence electrons. The number of allylic oxidation sites excluding steroid dienone is 2. The van der Waals surface area contributed by atoms with Crippen molar-refractivity contribution in [1.29, 1.82) is 0 Å². The second-order valence-corrected chi connectivity index (χ2v) is 7.28. The van der Waals surface area contributed by atoms with Gasteiger partial charge >= 0.3 is 0 Å². The highest BCUT2D eigenvalue weighted by molar-refractivity contribution is 7.22. The summed E-state index contributed by atoms with van der Waals surface area (Å²) in [6, 6.07) is 5.80. The minimum absolute atomic E-state index is 0.00869. The Hall–Kier alpha value is -2.18. The summed E-state index contributed by atoms with van der Waals surface area (Å²) >= 11 is 1.45. The summed E-state index contributed by atoms with van der Waals surface area (Å²) in [5, 5.41) is 3.49. The first-order valence-electron chi connectivity index (χ1n) is 8.57. The van der Waals surface area contributed by atoms with Gasteiger partial charge in [-0.05, 0) is 31.0 Å². The number of hydrogen-bond donors (Lipinski definition) is 1. The van der Waals surface area contributed by atoms with Gasteiger partial charge in [0.15, 0.2) is 5.13 Å². The van der Waals surface area contributed by atoms with E-state index in [1.807, 2.05) is 36.4 Å². The Kier molecular flexibility index (Phi) is 4.55. The van der Waals surface area contributed by atoms with Crippen molar-refractivity contribution in [2.24, 2.45) is 5.92 Å². The van der Waals surface area contributed by atoms with Crippen molar-refractivity contribution in [1.82, 2.24) is 4.98 Å². The van der Waals surface area contributed by atoms with E-state index in [4.69, 9.17) is 9.47 Å². The first kappa shape index (κ1) is 16.3. The van der Waals surface area contributed by atoms with E-state index in [-0.39, 0.29) is 17.9 Å². The number of carbonyl (C=O) groups excluding carboxylic acids is 1. The zero-order chi connectivity index (χ0) is 17.2. The number of ether oxygens (including phenoxy) is 2. The average molecular weight is 356 g/mol. The molecule has 6 heteroatoms. The van der Waals surface area contributed by atoms with Gasteiger partial charge in [-0.15, -0.1) is 0 Å². The molecule has 0 spiro atoms. The van der Waals surface area contributed by atoms with Crippen molar-refractivity contribution in [3.8, 4) is 5.75 Å². The summed E-state index contributed by atoms with van der Waals surface area (Å²) in [6.07, 6.45) is 9.34. The molecule has 3 atom stereocenters. The quantitative estimate of drug-likeness (QED) is 0.882. The minimum Gasteiger partial charge on any atom is -0.494 e. The average Bonchev–Trinajstić information content (AvgIpc) is 3.22. The molecule has 1 saturated heterocycles. The molecule has 1 aromatic carbocycles. The zero-order valence-electron chi connectivity index (χ0n) is 14.0. The standard InChI is InChI=1S/C19H20N2O3S/c1-2-9-23-13-7-8-14-17(11-13)25-19(20-14)21-18(22)16-10-12-5-3-4-6-15(12)24-16/h3-8,11-12,15-16H,2,9-10H2,1H3,(H,20,21,22)/t12-,15-,16+/m0/s1. The molecule has 0 unspecified atom stereocenters. The number of carbonyl (C=O) groups is 1. The maximum Gasteiger partial charge on any atom is 0.255 e. The first-order valence-corrected chi connectivity index (χ1v) is 9.39. The molecule has 4 rings (SSSR count). The van der Waals surface area contributed by atoms with E-state index >= 15 is 0 Å². The van der Waals surface area contributed by atoms with Crippen LogP contribution < -0.4 is 10.1 Å². The molecule has 1 fully saturated rings. The topological polar surface area (TPSA) is 60.5 Å². The van der Waals surface area contributed by atoms with Crippen molar-refractivity contribution < 1.29 is 14.3 Å². The van der Waals surface area contributed by atoms with Crippen LogP contribution in [0.3, 0.4) is 0 Å². The molecule has 0 saturated carbocycles. The number of benzene rings is 1. The number of rotatable bonds is 5. The van der Waals surface area contributed by atoms with Gasteiger partial charge in [-0.25, -0.2) is 4.98 Å². The van der Waals surface area contributed by atoms with Crippen molar-refractivity contribution in [3.63, 3.8) is 0 Å². The molecule has 1 aliphatic heterocycles. The molecule has 0 radical (unpaired) electrons. The summed E-state index contributed by atoms with van der Waals surface area (Å²) in [5.74, 6) is 0.991. The highest BCUT2D eigenvalue weighted by atomic mass is 32.1. The lowest BCUT2D eigenvalue weighted by atomic mass is 9.95. The predicted octanol–water partition coefficient (Wildman–Crippen LogP) is 3.92. The van der Waals surface area contributed by atoms with Crippen LogP contribution in [0, 0.1) is 5.92 Å². The lowest BCUT2D eigenvalue weighted by Gasteiger charge is -2.13. The van der Waals surface area contributed by atoms with Crippen LogP contribution in [0.15, 0.2) is 42.5 Å². The maximum atomic E-state index is 12.5. The Bertz CT molecular complexity index is 822. The first-order chi connectivity index (χ1) is 12.2. The normalized spacial score (nSPS) is 24.4. The fourth-order valence-electron chi connectivity index (χ4n) is 3.11. The molecule has 0 bridgehead atoms. The number of fused-ring (bicyclic) bond motifs is 2. The van der Waals surface area contributed by atoms with Gasteiger partial charge < -0.3 is 9.47 Å². The fourth-order valence-corrected chi connectivity index (χ4v) is 4.00. The van der Waals surface area contributed by atoms with Crippen LogP contribution in [-0.4, -0.2) is 29.7 Å². The Morgan fingerprint density at radius 1 is 1.40 bits per heavy atom. The van der Waals surface area contributed by atoms with E-state index < -0.39 is 6.10 Å². The van der Waals surface area contributed by atoms with Crippen LogP contribution in [0.4, 0.5) is 5.13 Å². The van der Waals surface area contributed by atoms with E-state index in [0.29, 0.717) is 18.2 Å². The third-order valence-corrected chi connectivity index (χ3v) is 5.29. The molecule has 1 N–H and O–H groups in total. The van der Waals surface area contributed by atoms with E-state index in [1.165, 1.54) is 11.3 Å². The van der Waals surface area contributed by atoms with Crippen LogP contribution in [0.25, 0.3) is 10.2 Å². The van der Waals surface area contributed by atoms with Crippen molar-refractivity contribution in [2.75, 3.05) is 11.9 Å². The number of aromatic nitrogens is 1. The summed E-state index contributed by atoms with van der Waals surface area (Å²) in [7, 11) is 0. The summed E-state index contributed by atoms with van der Waals surface area (Å²) < 4.78 is 12.5. The van der Waals surface area contributed by atoms with Gasteiger partial charge in [0.25, 0.3) is 5.91 Å². The smallest absolute Gasteiger partial charge is 0.255 e. The van der Waals surface area contributed by atoms with Crippen LogP contribution in [0.1, 0.15) is 19.8 Å². The molecule has 2 heterocycles. The number of nitrogens with zero attached hydrogens (tertiary/aromatic N) is 1. The van der Waals surface area contributed by atoms with E-state index in [1.54, 1.807) is 0 Å². The highest BCUT2D eigenvalue weighted by Gasteiger charge is 2.37. The number of hydrogen-bond acceptors (Lipinski definition) is 5. The van der Waals surface area contributed by atoms with Gasteiger partial charge in [-0.2, -0.15) is 0 Å². The highest BCUT2D eigenvalue weighted by Crippen LogP contribution is 2.33. The lowest BCUT2D eigenvalue weighted by molar-refractivity contribution is -0.125. The third kappa shape index (κ3) is 3.45. The molecule has 2 aliphatic rings. The lowest BCUT2D eigenvalue weighted by Crippen LogP contribution is -2.27. The molecule has 25 heavy (non-hydrogen) atoms. The summed E-state index contributed by atoms with van der Waals surface area (Å²) in [5.41, 5.74) is 0.857. The monoisotopic (exact) mass is 356 g/mol. The third-order valence-electron chi connectivity index (χ3n) is 4.36. The summed E-state index contributed by atoms with van der Waals surface area (Å²) in [6.45, 7) is 2.77. The number of thiazole rings is 1. The maximum absolute atomic E-state index is 12.5. The van der Waals surface area contributed by atoms with Crippen LogP contribution in [0.2, 0.25) is 0 Å². The number of anilines is 1.